The molecule has 1 atom stereocenters. The third kappa shape index (κ3) is 11.7. The van der Waals surface area contributed by atoms with E-state index in [1.54, 1.807) is 41.6 Å². The number of carbonyl (C=O) groups is 4. The van der Waals surface area contributed by atoms with Gasteiger partial charge >= 0.3 is 18.2 Å². The van der Waals surface area contributed by atoms with Crippen LogP contribution in [-0.4, -0.2) is 79.0 Å². The van der Waals surface area contributed by atoms with Crippen LogP contribution in [0.25, 0.3) is 22.5 Å². The number of ether oxygens (including phenoxy) is 1. The minimum absolute atomic E-state index is 0.167. The van der Waals surface area contributed by atoms with E-state index in [1.807, 2.05) is 51.1 Å². The molecular weight excluding hydrogens is 733 g/mol. The Balaban J connectivity index is 0.000000845. The van der Waals surface area contributed by atoms with E-state index in [2.05, 4.69) is 30.9 Å². The number of primary amides is 1. The summed E-state index contributed by atoms with van der Waals surface area (Å²) < 4.78 is 37.1. The lowest BCUT2D eigenvalue weighted by Gasteiger charge is -2.36. The van der Waals surface area contributed by atoms with Gasteiger partial charge in [0.15, 0.2) is 0 Å². The predicted octanol–water partition coefficient (Wildman–Crippen LogP) is 5.98. The number of aromatic nitrogens is 5. The quantitative estimate of drug-likeness (QED) is 0.148. The van der Waals surface area contributed by atoms with E-state index in [0.717, 1.165) is 29.5 Å². The van der Waals surface area contributed by atoms with Gasteiger partial charge in [0, 0.05) is 48.1 Å². The van der Waals surface area contributed by atoms with Gasteiger partial charge in [-0.05, 0) is 99.0 Å². The van der Waals surface area contributed by atoms with Crippen molar-refractivity contribution in [2.75, 3.05) is 11.4 Å². The predicted molar refractivity (Wildman–Crippen MR) is 192 cm³/mol. The molecule has 0 spiro atoms. The number of alkyl carbamates (subject to hydrolysis) is 1. The SMILES string of the molecule is CC(C)(C)OC(=O)NC[C@H]1CC[C@H](C(=O)N(c2ccc(-c3nn[nH]n3)cc2)[C@@H](Cc2ccc(-c3ccncc3Cl)cc2)C(N)=O)CC1.O=C(O)C(F)(F)F. The normalized spacial score (nSPS) is 16.3. The van der Waals surface area contributed by atoms with Gasteiger partial charge in [-0.2, -0.15) is 18.4 Å². The summed E-state index contributed by atoms with van der Waals surface area (Å²) in [5, 5.41) is 24.6. The van der Waals surface area contributed by atoms with Crippen LogP contribution in [0, 0.1) is 11.8 Å². The number of halogens is 4. The van der Waals surface area contributed by atoms with Crippen LogP contribution in [0.5, 0.6) is 0 Å². The molecule has 5 N–H and O–H groups in total. The minimum atomic E-state index is -5.08. The molecule has 3 amide bonds. The standard InChI is InChI=1S/C34H39ClN8O4.C2HF3O2/c1-34(2,3)47-33(46)38-19-22-6-10-25(11-7-22)32(45)43(26-14-12-24(13-15-26)31-39-41-42-40-31)29(30(36)44)18-21-4-8-23(9-5-21)27-16-17-37-20-28(27)35;3-2(4,5)1(6)7/h4-5,8-9,12-17,20,22,25,29H,6-7,10-11,18-19H2,1-3H3,(H2,36,44)(H,38,46)(H,39,40,41,42);(H,6,7)/t22-,25-,29-;/m0./s1. The Hall–Kier alpha value is -5.58. The molecule has 0 unspecified atom stereocenters. The number of nitrogens with zero attached hydrogens (tertiary/aromatic N) is 5. The van der Waals surface area contributed by atoms with Gasteiger partial charge in [0.2, 0.25) is 17.6 Å². The number of anilines is 1. The van der Waals surface area contributed by atoms with E-state index in [0.29, 0.717) is 41.5 Å². The molecule has 5 rings (SSSR count). The molecule has 18 heteroatoms. The molecule has 2 heterocycles. The van der Waals surface area contributed by atoms with Crippen molar-refractivity contribution < 1.29 is 42.2 Å². The topological polar surface area (TPSA) is 206 Å². The number of hydrogen-bond acceptors (Lipinski definition) is 9. The van der Waals surface area contributed by atoms with Crippen LogP contribution in [0.4, 0.5) is 23.7 Å². The number of carbonyl (C=O) groups excluding carboxylic acids is 3. The highest BCUT2D eigenvalue weighted by atomic mass is 35.5. The Kier molecular flexibility index (Phi) is 13.7. The Labute approximate surface area is 313 Å². The Morgan fingerprint density at radius 2 is 1.61 bits per heavy atom. The van der Waals surface area contributed by atoms with Crippen molar-refractivity contribution in [3.05, 3.63) is 77.6 Å². The molecule has 14 nitrogen and oxygen atoms in total. The van der Waals surface area contributed by atoms with E-state index >= 15 is 0 Å². The summed E-state index contributed by atoms with van der Waals surface area (Å²) in [7, 11) is 0. The number of rotatable bonds is 10. The summed E-state index contributed by atoms with van der Waals surface area (Å²) in [6, 6.07) is 15.7. The molecule has 288 valence electrons. The van der Waals surface area contributed by atoms with Gasteiger partial charge in [-0.3, -0.25) is 19.5 Å². The van der Waals surface area contributed by atoms with E-state index < -0.39 is 35.8 Å². The van der Waals surface area contributed by atoms with Crippen LogP contribution < -0.4 is 16.0 Å². The molecule has 1 aliphatic rings. The minimum Gasteiger partial charge on any atom is -0.475 e. The van der Waals surface area contributed by atoms with Gasteiger partial charge in [0.05, 0.1) is 5.02 Å². The average molecular weight is 773 g/mol. The van der Waals surface area contributed by atoms with Gasteiger partial charge in [0.1, 0.15) is 11.6 Å². The number of tetrazole rings is 1. The smallest absolute Gasteiger partial charge is 0.475 e. The summed E-state index contributed by atoms with van der Waals surface area (Å²) in [5.41, 5.74) is 9.28. The molecule has 0 bridgehead atoms. The number of amides is 3. The number of nitrogens with two attached hydrogens (primary N) is 1. The molecular formula is C36H40ClF3N8O6. The highest BCUT2D eigenvalue weighted by molar-refractivity contribution is 6.33. The number of hydrogen-bond donors (Lipinski definition) is 4. The van der Waals surface area contributed by atoms with Crippen molar-refractivity contribution >= 4 is 41.2 Å². The largest absolute Gasteiger partial charge is 0.490 e. The molecule has 1 saturated carbocycles. The zero-order valence-corrected chi connectivity index (χ0v) is 30.4. The van der Waals surface area contributed by atoms with Gasteiger partial charge in [-0.25, -0.2) is 9.59 Å². The summed E-state index contributed by atoms with van der Waals surface area (Å²) in [5.74, 6) is -3.23. The van der Waals surface area contributed by atoms with Crippen molar-refractivity contribution in [2.45, 2.75) is 70.7 Å². The first-order valence-corrected chi connectivity index (χ1v) is 17.2. The zero-order chi connectivity index (χ0) is 39.6. The van der Waals surface area contributed by atoms with Crippen LogP contribution in [-0.2, 0) is 25.5 Å². The molecule has 2 aromatic heterocycles. The van der Waals surface area contributed by atoms with Crippen molar-refractivity contribution in [3.63, 3.8) is 0 Å². The number of H-pyrrole nitrogens is 1. The molecule has 2 aromatic carbocycles. The van der Waals surface area contributed by atoms with Gasteiger partial charge in [-0.1, -0.05) is 35.9 Å². The fraction of sp³-hybridized carbons (Fsp3) is 0.389. The first-order valence-electron chi connectivity index (χ1n) is 16.8. The van der Waals surface area contributed by atoms with Crippen LogP contribution in [0.1, 0.15) is 52.0 Å². The number of nitrogens with one attached hydrogen (secondary N) is 2. The Morgan fingerprint density at radius 3 is 2.13 bits per heavy atom. The molecule has 4 aromatic rings. The van der Waals surface area contributed by atoms with Crippen molar-refractivity contribution in [3.8, 4) is 22.5 Å². The molecule has 54 heavy (non-hydrogen) atoms. The highest BCUT2D eigenvalue weighted by Gasteiger charge is 2.38. The third-order valence-corrected chi connectivity index (χ3v) is 8.77. The maximum absolute atomic E-state index is 14.3. The average Bonchev–Trinajstić information content (AvgIpc) is 3.66. The van der Waals surface area contributed by atoms with E-state index in [1.165, 1.54) is 0 Å². The monoisotopic (exact) mass is 772 g/mol. The summed E-state index contributed by atoms with van der Waals surface area (Å²) in [6.45, 7) is 5.94. The number of pyridine rings is 1. The second kappa shape index (κ2) is 18.0. The number of alkyl halides is 3. The van der Waals surface area contributed by atoms with Gasteiger partial charge < -0.3 is 20.9 Å². The van der Waals surface area contributed by atoms with Gasteiger partial charge in [0.25, 0.3) is 0 Å². The lowest BCUT2D eigenvalue weighted by Crippen LogP contribution is -2.52. The summed E-state index contributed by atoms with van der Waals surface area (Å²) >= 11 is 6.34. The lowest BCUT2D eigenvalue weighted by molar-refractivity contribution is -0.192. The molecule has 0 saturated heterocycles. The number of aliphatic carboxylic acids is 1. The summed E-state index contributed by atoms with van der Waals surface area (Å²) in [4.78, 5) is 54.1. The Morgan fingerprint density at radius 1 is 1.00 bits per heavy atom. The lowest BCUT2D eigenvalue weighted by atomic mass is 9.81. The second-order valence-corrected chi connectivity index (χ2v) is 14.0. The van der Waals surface area contributed by atoms with Crippen molar-refractivity contribution in [1.82, 2.24) is 30.9 Å². The second-order valence-electron chi connectivity index (χ2n) is 13.6. The zero-order valence-electron chi connectivity index (χ0n) is 29.6. The van der Waals surface area contributed by atoms with Crippen LogP contribution in [0.2, 0.25) is 5.02 Å². The van der Waals surface area contributed by atoms with E-state index in [9.17, 15) is 27.6 Å². The van der Waals surface area contributed by atoms with Crippen LogP contribution in [0.15, 0.2) is 67.0 Å². The van der Waals surface area contributed by atoms with Crippen molar-refractivity contribution in [2.24, 2.45) is 17.6 Å². The fourth-order valence-corrected chi connectivity index (χ4v) is 6.07. The fourth-order valence-electron chi connectivity index (χ4n) is 5.84. The first-order chi connectivity index (χ1) is 25.4. The van der Waals surface area contributed by atoms with Crippen LogP contribution >= 0.6 is 11.6 Å². The highest BCUT2D eigenvalue weighted by Crippen LogP contribution is 2.34. The number of carboxylic acid groups (broad SMARTS) is 1. The summed E-state index contributed by atoms with van der Waals surface area (Å²) in [6.07, 6.45) is 0.672. The van der Waals surface area contributed by atoms with E-state index in [4.69, 9.17) is 32.0 Å². The first kappa shape index (κ1) is 41.2. The number of aromatic amines is 1. The van der Waals surface area contributed by atoms with Crippen LogP contribution in [0.3, 0.4) is 0 Å². The Bertz CT molecular complexity index is 1880. The molecule has 0 radical (unpaired) electrons. The van der Waals surface area contributed by atoms with Gasteiger partial charge in [-0.15, -0.1) is 10.2 Å². The molecule has 0 aliphatic heterocycles. The third-order valence-electron chi connectivity index (χ3n) is 8.47. The molecule has 1 fully saturated rings. The van der Waals surface area contributed by atoms with E-state index in [-0.39, 0.29) is 24.2 Å². The maximum atomic E-state index is 14.3. The number of carboxylic acids is 1. The van der Waals surface area contributed by atoms with Crippen molar-refractivity contribution in [1.29, 1.82) is 0 Å². The maximum Gasteiger partial charge on any atom is 0.490 e. The molecule has 1 aliphatic carbocycles. The number of benzene rings is 2.